The van der Waals surface area contributed by atoms with E-state index in [2.05, 4.69) is 45.7 Å². The molecule has 0 unspecified atom stereocenters. The van der Waals surface area contributed by atoms with E-state index in [0.29, 0.717) is 29.4 Å². The lowest BCUT2D eigenvalue weighted by atomic mass is 9.99. The summed E-state index contributed by atoms with van der Waals surface area (Å²) in [5.41, 5.74) is 4.66. The predicted molar refractivity (Wildman–Crippen MR) is 152 cm³/mol. The maximum Gasteiger partial charge on any atom is 0.251 e. The first-order valence-corrected chi connectivity index (χ1v) is 12.6. The number of anilines is 1. The Morgan fingerprint density at radius 2 is 1.66 bits per heavy atom. The minimum Gasteiger partial charge on any atom is -0.493 e. The molecule has 0 fully saturated rings. The van der Waals surface area contributed by atoms with Gasteiger partial charge in [-0.2, -0.15) is 0 Å². The number of aryl methyl sites for hydroxylation is 1. The fourth-order valence-corrected chi connectivity index (χ4v) is 4.27. The standard InChI is InChI=1S/C30H35N5O3/c1-19(32-29-25-17-27(37-5)28(38-6)18-26(25)33-20(2)34-29)23-8-7-9-24(16-23)21-10-12-22(13-11-21)30(36)31-14-15-35(3)4/h7-13,16-19H,14-15H2,1-6H3,(H,31,36)(H,32,33,34)/t19-/m1/s1. The molecule has 0 aliphatic carbocycles. The van der Waals surface area contributed by atoms with Gasteiger partial charge in [0.05, 0.1) is 19.7 Å². The Kier molecular flexibility index (Phi) is 8.43. The molecule has 4 aromatic rings. The van der Waals surface area contributed by atoms with Crippen LogP contribution in [0, 0.1) is 6.92 Å². The fourth-order valence-electron chi connectivity index (χ4n) is 4.27. The molecule has 4 rings (SSSR count). The summed E-state index contributed by atoms with van der Waals surface area (Å²) in [6.45, 7) is 5.39. The highest BCUT2D eigenvalue weighted by atomic mass is 16.5. The van der Waals surface area contributed by atoms with Gasteiger partial charge < -0.3 is 25.0 Å². The molecular formula is C30H35N5O3. The van der Waals surface area contributed by atoms with Crippen molar-refractivity contribution in [2.45, 2.75) is 19.9 Å². The third kappa shape index (κ3) is 6.20. The highest BCUT2D eigenvalue weighted by Gasteiger charge is 2.15. The number of hydrogen-bond donors (Lipinski definition) is 2. The van der Waals surface area contributed by atoms with E-state index in [0.717, 1.165) is 40.0 Å². The molecule has 8 nitrogen and oxygen atoms in total. The molecule has 3 aromatic carbocycles. The maximum atomic E-state index is 12.4. The van der Waals surface area contributed by atoms with E-state index in [9.17, 15) is 4.79 Å². The van der Waals surface area contributed by atoms with E-state index in [1.54, 1.807) is 14.2 Å². The van der Waals surface area contributed by atoms with Crippen LogP contribution in [0.4, 0.5) is 5.82 Å². The molecular weight excluding hydrogens is 478 g/mol. The van der Waals surface area contributed by atoms with E-state index < -0.39 is 0 Å². The molecule has 198 valence electrons. The Hall–Kier alpha value is -4.17. The third-order valence-electron chi connectivity index (χ3n) is 6.38. The van der Waals surface area contributed by atoms with Gasteiger partial charge >= 0.3 is 0 Å². The molecule has 1 aromatic heterocycles. The van der Waals surface area contributed by atoms with E-state index in [1.807, 2.05) is 68.4 Å². The van der Waals surface area contributed by atoms with Crippen molar-refractivity contribution in [3.63, 3.8) is 0 Å². The molecule has 0 aliphatic rings. The predicted octanol–water partition coefficient (Wildman–Crippen LogP) is 5.09. The zero-order valence-corrected chi connectivity index (χ0v) is 22.8. The average Bonchev–Trinajstić information content (AvgIpc) is 2.92. The largest absolute Gasteiger partial charge is 0.493 e. The summed E-state index contributed by atoms with van der Waals surface area (Å²) in [4.78, 5) is 23.7. The Balaban J connectivity index is 1.54. The third-order valence-corrected chi connectivity index (χ3v) is 6.38. The Morgan fingerprint density at radius 1 is 0.947 bits per heavy atom. The van der Waals surface area contributed by atoms with Crippen molar-refractivity contribution in [2.24, 2.45) is 0 Å². The maximum absolute atomic E-state index is 12.4. The highest BCUT2D eigenvalue weighted by Crippen LogP contribution is 2.35. The number of fused-ring (bicyclic) bond motifs is 1. The number of carbonyl (C=O) groups is 1. The Bertz CT molecular complexity index is 1420. The summed E-state index contributed by atoms with van der Waals surface area (Å²) < 4.78 is 10.9. The second kappa shape index (κ2) is 11.9. The fraction of sp³-hybridized carbons (Fsp3) is 0.300. The van der Waals surface area contributed by atoms with Gasteiger partial charge in [-0.3, -0.25) is 4.79 Å². The number of methoxy groups -OCH3 is 2. The van der Waals surface area contributed by atoms with Crippen LogP contribution in [0.25, 0.3) is 22.0 Å². The lowest BCUT2D eigenvalue weighted by Crippen LogP contribution is -2.31. The number of nitrogens with zero attached hydrogens (tertiary/aromatic N) is 3. The molecule has 0 saturated carbocycles. The number of benzene rings is 3. The van der Waals surface area contributed by atoms with Crippen LogP contribution in [0.15, 0.2) is 60.7 Å². The number of rotatable bonds is 10. The van der Waals surface area contributed by atoms with Gasteiger partial charge in [0.25, 0.3) is 5.91 Å². The minimum absolute atomic E-state index is 0.0257. The van der Waals surface area contributed by atoms with Crippen molar-refractivity contribution in [1.29, 1.82) is 0 Å². The number of amides is 1. The smallest absolute Gasteiger partial charge is 0.251 e. The van der Waals surface area contributed by atoms with Gasteiger partial charge in [0.2, 0.25) is 0 Å². The summed E-state index contributed by atoms with van der Waals surface area (Å²) in [7, 11) is 7.19. The van der Waals surface area contributed by atoms with Crippen LogP contribution in [-0.2, 0) is 0 Å². The first-order valence-electron chi connectivity index (χ1n) is 12.6. The average molecular weight is 514 g/mol. The van der Waals surface area contributed by atoms with Crippen LogP contribution in [0.5, 0.6) is 11.5 Å². The summed E-state index contributed by atoms with van der Waals surface area (Å²) in [5.74, 6) is 2.59. The van der Waals surface area contributed by atoms with E-state index >= 15 is 0 Å². The van der Waals surface area contributed by atoms with Crippen molar-refractivity contribution in [3.8, 4) is 22.6 Å². The number of likely N-dealkylation sites (N-methyl/N-ethyl adjacent to an activating group) is 1. The van der Waals surface area contributed by atoms with Crippen LogP contribution < -0.4 is 20.1 Å². The first kappa shape index (κ1) is 26.9. The Labute approximate surface area is 224 Å². The number of carbonyl (C=O) groups excluding carboxylic acids is 1. The first-order chi connectivity index (χ1) is 18.3. The van der Waals surface area contributed by atoms with Gasteiger partial charge in [-0.1, -0.05) is 30.3 Å². The topological polar surface area (TPSA) is 88.6 Å². The molecule has 0 spiro atoms. The molecule has 1 heterocycles. The van der Waals surface area contributed by atoms with Gasteiger partial charge in [0.1, 0.15) is 11.6 Å². The molecule has 1 atom stereocenters. The SMILES string of the molecule is COc1cc2nc(C)nc(N[C@H](C)c3cccc(-c4ccc(C(=O)NCCN(C)C)cc4)c3)c2cc1OC. The number of aromatic nitrogens is 2. The van der Waals surface area contributed by atoms with E-state index in [-0.39, 0.29) is 11.9 Å². The second-order valence-corrected chi connectivity index (χ2v) is 9.47. The highest BCUT2D eigenvalue weighted by molar-refractivity contribution is 5.94. The normalized spacial score (nSPS) is 11.9. The van der Waals surface area contributed by atoms with E-state index in [1.165, 1.54) is 0 Å². The van der Waals surface area contributed by atoms with Crippen molar-refractivity contribution < 1.29 is 14.3 Å². The molecule has 0 saturated heterocycles. The van der Waals surface area contributed by atoms with Gasteiger partial charge in [-0.05, 0) is 68.9 Å². The molecule has 0 bridgehead atoms. The van der Waals surface area contributed by atoms with Crippen molar-refractivity contribution in [2.75, 3.05) is 46.7 Å². The minimum atomic E-state index is -0.0633. The quantitative estimate of drug-likeness (QED) is 0.305. The molecule has 0 aliphatic heterocycles. The molecule has 1 amide bonds. The monoisotopic (exact) mass is 513 g/mol. The van der Waals surface area contributed by atoms with E-state index in [4.69, 9.17) is 9.47 Å². The van der Waals surface area contributed by atoms with Gasteiger partial charge in [-0.15, -0.1) is 0 Å². The molecule has 8 heteroatoms. The van der Waals surface area contributed by atoms with Crippen molar-refractivity contribution >= 4 is 22.6 Å². The second-order valence-electron chi connectivity index (χ2n) is 9.47. The van der Waals surface area contributed by atoms with Gasteiger partial charge in [0.15, 0.2) is 11.5 Å². The summed E-state index contributed by atoms with van der Waals surface area (Å²) in [6.07, 6.45) is 0. The van der Waals surface area contributed by atoms with Crippen LogP contribution in [0.2, 0.25) is 0 Å². The Morgan fingerprint density at radius 3 is 2.34 bits per heavy atom. The van der Waals surface area contributed by atoms with Crippen molar-refractivity contribution in [3.05, 3.63) is 77.6 Å². The molecule has 2 N–H and O–H groups in total. The summed E-state index contributed by atoms with van der Waals surface area (Å²) in [6, 6.07) is 19.8. The lowest BCUT2D eigenvalue weighted by molar-refractivity contribution is 0.0951. The summed E-state index contributed by atoms with van der Waals surface area (Å²) in [5, 5.41) is 7.37. The summed E-state index contributed by atoms with van der Waals surface area (Å²) >= 11 is 0. The van der Waals surface area contributed by atoms with Crippen molar-refractivity contribution in [1.82, 2.24) is 20.2 Å². The van der Waals surface area contributed by atoms with Gasteiger partial charge in [0, 0.05) is 36.1 Å². The molecule has 38 heavy (non-hydrogen) atoms. The van der Waals surface area contributed by atoms with Crippen LogP contribution in [0.3, 0.4) is 0 Å². The number of hydrogen-bond acceptors (Lipinski definition) is 7. The lowest BCUT2D eigenvalue weighted by Gasteiger charge is -2.18. The van der Waals surface area contributed by atoms with Crippen LogP contribution >= 0.6 is 0 Å². The number of nitrogens with one attached hydrogen (secondary N) is 2. The van der Waals surface area contributed by atoms with Crippen LogP contribution in [-0.4, -0.2) is 62.2 Å². The zero-order valence-electron chi connectivity index (χ0n) is 22.8. The number of ether oxygens (including phenoxy) is 2. The van der Waals surface area contributed by atoms with Gasteiger partial charge in [-0.25, -0.2) is 9.97 Å². The zero-order chi connectivity index (χ0) is 27.2. The van der Waals surface area contributed by atoms with Crippen LogP contribution in [0.1, 0.15) is 34.7 Å². The molecule has 0 radical (unpaired) electrons.